The largest absolute Gasteiger partial charge is 0.449 e. The third-order valence-electron chi connectivity index (χ3n) is 4.00. The van der Waals surface area contributed by atoms with Crippen LogP contribution in [0.3, 0.4) is 0 Å². The molecule has 0 saturated carbocycles. The van der Waals surface area contributed by atoms with E-state index in [2.05, 4.69) is 13.8 Å². The fraction of sp³-hybridized carbons (Fsp3) is 0.588. The fourth-order valence-corrected chi connectivity index (χ4v) is 2.88. The lowest BCUT2D eigenvalue weighted by molar-refractivity contribution is -0.119. The number of rotatable bonds is 6. The van der Waals surface area contributed by atoms with Crippen molar-refractivity contribution >= 4 is 5.91 Å². The Bertz CT molecular complexity index is 539. The maximum Gasteiger partial charge on any atom is 0.246 e. The predicted molar refractivity (Wildman–Crippen MR) is 82.5 cm³/mol. The van der Waals surface area contributed by atoms with Crippen LogP contribution in [0.5, 0.6) is 11.5 Å². The van der Waals surface area contributed by atoms with Gasteiger partial charge in [-0.2, -0.15) is 0 Å². The quantitative estimate of drug-likeness (QED) is 0.872. The van der Waals surface area contributed by atoms with Crippen LogP contribution in [-0.4, -0.2) is 11.7 Å². The van der Waals surface area contributed by atoms with Gasteiger partial charge in [0.1, 0.15) is 0 Å². The summed E-state index contributed by atoms with van der Waals surface area (Å²) in [4.78, 5) is 11.5. The summed E-state index contributed by atoms with van der Waals surface area (Å²) >= 11 is 0. The van der Waals surface area contributed by atoms with E-state index in [4.69, 9.17) is 15.2 Å². The molecule has 1 amide bonds. The zero-order chi connectivity index (χ0) is 15.7. The zero-order valence-corrected chi connectivity index (χ0v) is 13.4. The van der Waals surface area contributed by atoms with E-state index < -0.39 is 5.79 Å². The molecule has 1 atom stereocenters. The molecule has 1 aliphatic rings. The van der Waals surface area contributed by atoms with Crippen molar-refractivity contribution in [3.63, 3.8) is 0 Å². The van der Waals surface area contributed by atoms with Crippen LogP contribution >= 0.6 is 0 Å². The van der Waals surface area contributed by atoms with Crippen LogP contribution in [0.4, 0.5) is 0 Å². The molecule has 0 bridgehead atoms. The van der Waals surface area contributed by atoms with Gasteiger partial charge in [-0.15, -0.1) is 0 Å². The van der Waals surface area contributed by atoms with Gasteiger partial charge in [-0.1, -0.05) is 32.8 Å². The summed E-state index contributed by atoms with van der Waals surface area (Å²) in [6, 6.07) is 5.93. The summed E-state index contributed by atoms with van der Waals surface area (Å²) in [5.74, 6) is 0.585. The second kappa shape index (κ2) is 5.58. The summed E-state index contributed by atoms with van der Waals surface area (Å²) in [6.45, 7) is 8.00. The van der Waals surface area contributed by atoms with Gasteiger partial charge in [-0.25, -0.2) is 0 Å². The molecule has 0 radical (unpaired) electrons. The Kier molecular flexibility index (Phi) is 4.17. The first-order chi connectivity index (χ1) is 9.76. The zero-order valence-electron chi connectivity index (χ0n) is 13.4. The van der Waals surface area contributed by atoms with E-state index in [0.29, 0.717) is 6.42 Å². The lowest BCUT2D eigenvalue weighted by atomic mass is 9.75. The Hall–Kier alpha value is -1.71. The van der Waals surface area contributed by atoms with E-state index in [0.717, 1.165) is 36.3 Å². The fourth-order valence-electron chi connectivity index (χ4n) is 2.88. The van der Waals surface area contributed by atoms with Crippen LogP contribution in [0.1, 0.15) is 58.9 Å². The normalized spacial score (nSPS) is 18.3. The van der Waals surface area contributed by atoms with Gasteiger partial charge in [0.15, 0.2) is 11.5 Å². The van der Waals surface area contributed by atoms with Crippen molar-refractivity contribution in [3.05, 3.63) is 23.8 Å². The minimum absolute atomic E-state index is 0.257. The number of benzene rings is 1. The first-order valence-electron chi connectivity index (χ1n) is 7.57. The molecular formula is C17H25NO3. The number of carbonyl (C=O) groups excluding carboxylic acids is 1. The molecular weight excluding hydrogens is 266 g/mol. The molecule has 0 fully saturated rings. The molecule has 21 heavy (non-hydrogen) atoms. The first-order valence-corrected chi connectivity index (χ1v) is 7.57. The standard InChI is InChI=1S/C17H25NO3/c1-5-6-9-17(4,11-15(18)19)12-7-8-13-14(10-12)21-16(2,3)20-13/h7-8,10H,5-6,9,11H2,1-4H3,(H2,18,19). The van der Waals surface area contributed by atoms with E-state index >= 15 is 0 Å². The smallest absolute Gasteiger partial charge is 0.246 e. The minimum Gasteiger partial charge on any atom is -0.449 e. The number of amides is 1. The van der Waals surface area contributed by atoms with Gasteiger partial charge in [0.25, 0.3) is 0 Å². The summed E-state index contributed by atoms with van der Waals surface area (Å²) < 4.78 is 11.5. The van der Waals surface area contributed by atoms with Crippen molar-refractivity contribution in [2.75, 3.05) is 0 Å². The number of carbonyl (C=O) groups is 1. The molecule has 1 aromatic carbocycles. The number of unbranched alkanes of at least 4 members (excludes halogenated alkanes) is 1. The Morgan fingerprint density at radius 1 is 1.29 bits per heavy atom. The molecule has 116 valence electrons. The van der Waals surface area contributed by atoms with E-state index in [9.17, 15) is 4.79 Å². The van der Waals surface area contributed by atoms with E-state index in [1.165, 1.54) is 0 Å². The van der Waals surface area contributed by atoms with Crippen molar-refractivity contribution < 1.29 is 14.3 Å². The van der Waals surface area contributed by atoms with Crippen LogP contribution in [0.2, 0.25) is 0 Å². The molecule has 1 unspecified atom stereocenters. The highest BCUT2D eigenvalue weighted by Gasteiger charge is 2.34. The maximum atomic E-state index is 11.5. The second-order valence-electron chi connectivity index (χ2n) is 6.57. The topological polar surface area (TPSA) is 61.6 Å². The highest BCUT2D eigenvalue weighted by atomic mass is 16.7. The van der Waals surface area contributed by atoms with Gasteiger partial charge in [0.05, 0.1) is 0 Å². The van der Waals surface area contributed by atoms with Crippen LogP contribution in [0, 0.1) is 0 Å². The third kappa shape index (κ3) is 3.49. The molecule has 4 nitrogen and oxygen atoms in total. The first kappa shape index (κ1) is 15.7. The number of nitrogens with two attached hydrogens (primary N) is 1. The van der Waals surface area contributed by atoms with E-state index in [-0.39, 0.29) is 11.3 Å². The molecule has 4 heteroatoms. The average Bonchev–Trinajstić information content (AvgIpc) is 2.68. The van der Waals surface area contributed by atoms with E-state index in [1.807, 2.05) is 32.0 Å². The molecule has 0 spiro atoms. The van der Waals surface area contributed by atoms with Crippen molar-refractivity contribution in [2.45, 2.75) is 64.6 Å². The van der Waals surface area contributed by atoms with Crippen molar-refractivity contribution in [1.29, 1.82) is 0 Å². The van der Waals surface area contributed by atoms with E-state index in [1.54, 1.807) is 0 Å². The molecule has 0 aliphatic carbocycles. The van der Waals surface area contributed by atoms with Crippen LogP contribution in [0.15, 0.2) is 18.2 Å². The van der Waals surface area contributed by atoms with Crippen LogP contribution in [0.25, 0.3) is 0 Å². The predicted octanol–water partition coefficient (Wildman–Crippen LogP) is 3.52. The number of hydrogen-bond acceptors (Lipinski definition) is 3. The van der Waals surface area contributed by atoms with Gasteiger partial charge in [-0.05, 0) is 24.1 Å². The Morgan fingerprint density at radius 2 is 1.95 bits per heavy atom. The second-order valence-corrected chi connectivity index (χ2v) is 6.57. The lowest BCUT2D eigenvalue weighted by Gasteiger charge is -2.29. The SMILES string of the molecule is CCCCC(C)(CC(N)=O)c1ccc2c(c1)OC(C)(C)O2. The Balaban J connectivity index is 2.31. The number of hydrogen-bond donors (Lipinski definition) is 1. The molecule has 0 aromatic heterocycles. The minimum atomic E-state index is -0.634. The average molecular weight is 291 g/mol. The molecule has 2 rings (SSSR count). The summed E-state index contributed by atoms with van der Waals surface area (Å²) in [5, 5.41) is 0. The lowest BCUT2D eigenvalue weighted by Crippen LogP contribution is -2.30. The number of primary amides is 1. The van der Waals surface area contributed by atoms with Gasteiger partial charge in [0, 0.05) is 25.7 Å². The summed E-state index contributed by atoms with van der Waals surface area (Å²) in [7, 11) is 0. The van der Waals surface area contributed by atoms with Crippen molar-refractivity contribution in [2.24, 2.45) is 5.73 Å². The third-order valence-corrected chi connectivity index (χ3v) is 4.00. The van der Waals surface area contributed by atoms with Crippen molar-refractivity contribution in [3.8, 4) is 11.5 Å². The highest BCUT2D eigenvalue weighted by Crippen LogP contribution is 2.43. The number of ether oxygens (including phenoxy) is 2. The monoisotopic (exact) mass is 291 g/mol. The van der Waals surface area contributed by atoms with Gasteiger partial charge >= 0.3 is 0 Å². The molecule has 0 saturated heterocycles. The van der Waals surface area contributed by atoms with Gasteiger partial charge < -0.3 is 15.2 Å². The Labute approximate surface area is 126 Å². The number of fused-ring (bicyclic) bond motifs is 1. The van der Waals surface area contributed by atoms with Gasteiger partial charge in [0.2, 0.25) is 11.7 Å². The maximum absolute atomic E-state index is 11.5. The van der Waals surface area contributed by atoms with Crippen molar-refractivity contribution in [1.82, 2.24) is 0 Å². The molecule has 1 aromatic rings. The summed E-state index contributed by atoms with van der Waals surface area (Å²) in [5.41, 5.74) is 6.27. The van der Waals surface area contributed by atoms with Crippen LogP contribution < -0.4 is 15.2 Å². The van der Waals surface area contributed by atoms with Gasteiger partial charge in [-0.3, -0.25) is 4.79 Å². The summed E-state index contributed by atoms with van der Waals surface area (Å²) in [6.07, 6.45) is 3.42. The Morgan fingerprint density at radius 3 is 2.57 bits per heavy atom. The highest BCUT2D eigenvalue weighted by molar-refractivity contribution is 5.75. The molecule has 2 N–H and O–H groups in total. The molecule has 1 heterocycles. The van der Waals surface area contributed by atoms with Crippen LogP contribution in [-0.2, 0) is 10.2 Å². The molecule has 1 aliphatic heterocycles.